The molecule has 1 aliphatic rings. The molecule has 2 rings (SSSR count). The average Bonchev–Trinajstić information content (AvgIpc) is 2.99. The van der Waals surface area contributed by atoms with Gasteiger partial charge in [0.15, 0.2) is 0 Å². The Morgan fingerprint density at radius 1 is 1.29 bits per heavy atom. The highest BCUT2D eigenvalue weighted by Gasteiger charge is 2.26. The number of para-hydroxylation sites is 1. The molecule has 1 amide bonds. The van der Waals surface area contributed by atoms with Crippen molar-refractivity contribution >= 4 is 5.91 Å². The van der Waals surface area contributed by atoms with Gasteiger partial charge in [-0.3, -0.25) is 4.79 Å². The Hall–Kier alpha value is -1.69. The van der Waals surface area contributed by atoms with E-state index in [9.17, 15) is 13.6 Å². The van der Waals surface area contributed by atoms with E-state index in [2.05, 4.69) is 4.74 Å². The fourth-order valence-electron chi connectivity index (χ4n) is 2.62. The summed E-state index contributed by atoms with van der Waals surface area (Å²) in [5.41, 5.74) is 6.29. The van der Waals surface area contributed by atoms with Crippen LogP contribution < -0.4 is 10.5 Å². The Morgan fingerprint density at radius 2 is 1.95 bits per heavy atom. The number of nitrogens with two attached hydrogens (primary N) is 1. The molecule has 0 bridgehead atoms. The Labute approximate surface area is 122 Å². The fraction of sp³-hybridized carbons (Fsp3) is 0.533. The first kappa shape index (κ1) is 15.7. The van der Waals surface area contributed by atoms with Crippen molar-refractivity contribution in [3.8, 4) is 5.75 Å². The molecule has 0 spiro atoms. The van der Waals surface area contributed by atoms with Gasteiger partial charge in [-0.2, -0.15) is 8.78 Å². The van der Waals surface area contributed by atoms with Gasteiger partial charge in [0.2, 0.25) is 5.91 Å². The molecule has 0 aliphatic carbocycles. The number of carbonyl (C=O) groups excluding carboxylic acids is 1. The predicted octanol–water partition coefficient (Wildman–Crippen LogP) is 2.03. The summed E-state index contributed by atoms with van der Waals surface area (Å²) in [6.07, 6.45) is 2.33. The van der Waals surface area contributed by atoms with Crippen LogP contribution >= 0.6 is 0 Å². The van der Waals surface area contributed by atoms with Crippen LogP contribution in [0.15, 0.2) is 24.3 Å². The van der Waals surface area contributed by atoms with Gasteiger partial charge in [-0.25, -0.2) is 0 Å². The van der Waals surface area contributed by atoms with E-state index in [0.717, 1.165) is 25.9 Å². The van der Waals surface area contributed by atoms with Crippen LogP contribution in [-0.2, 0) is 11.2 Å². The molecular weight excluding hydrogens is 278 g/mol. The van der Waals surface area contributed by atoms with Crippen molar-refractivity contribution in [2.45, 2.75) is 25.9 Å². The van der Waals surface area contributed by atoms with Crippen LogP contribution in [0.4, 0.5) is 8.78 Å². The van der Waals surface area contributed by atoms with Gasteiger partial charge < -0.3 is 15.4 Å². The number of halogens is 2. The highest BCUT2D eigenvalue weighted by Crippen LogP contribution is 2.24. The van der Waals surface area contributed by atoms with E-state index >= 15 is 0 Å². The minimum absolute atomic E-state index is 0.00171. The Balaban J connectivity index is 2.09. The van der Waals surface area contributed by atoms with Crippen molar-refractivity contribution in [1.29, 1.82) is 0 Å². The summed E-state index contributed by atoms with van der Waals surface area (Å²) in [5.74, 6) is -0.285. The molecule has 1 aromatic rings. The number of benzene rings is 1. The molecule has 1 unspecified atom stereocenters. The van der Waals surface area contributed by atoms with Gasteiger partial charge >= 0.3 is 6.61 Å². The number of rotatable bonds is 6. The number of ether oxygens (including phenoxy) is 1. The van der Waals surface area contributed by atoms with E-state index in [-0.39, 0.29) is 18.2 Å². The van der Waals surface area contributed by atoms with E-state index in [4.69, 9.17) is 5.73 Å². The highest BCUT2D eigenvalue weighted by atomic mass is 19.3. The van der Waals surface area contributed by atoms with E-state index in [1.807, 2.05) is 0 Å². The molecule has 0 aromatic heterocycles. The van der Waals surface area contributed by atoms with Gasteiger partial charge in [0.1, 0.15) is 5.75 Å². The average molecular weight is 298 g/mol. The monoisotopic (exact) mass is 298 g/mol. The zero-order valence-electron chi connectivity index (χ0n) is 11.8. The normalized spacial score (nSPS) is 16.3. The van der Waals surface area contributed by atoms with Crippen molar-refractivity contribution in [1.82, 2.24) is 4.90 Å². The van der Waals surface area contributed by atoms with Crippen LogP contribution in [0.3, 0.4) is 0 Å². The summed E-state index contributed by atoms with van der Waals surface area (Å²) < 4.78 is 29.3. The third-order valence-corrected chi connectivity index (χ3v) is 3.71. The first-order chi connectivity index (χ1) is 10.1. The molecule has 1 saturated heterocycles. The van der Waals surface area contributed by atoms with Crippen molar-refractivity contribution in [2.75, 3.05) is 19.6 Å². The number of nitrogens with zero attached hydrogens (tertiary/aromatic N) is 1. The molecular formula is C15H20F2N2O2. The molecule has 1 aliphatic heterocycles. The maximum Gasteiger partial charge on any atom is 0.387 e. The predicted molar refractivity (Wildman–Crippen MR) is 75.1 cm³/mol. The molecule has 1 fully saturated rings. The number of amides is 1. The van der Waals surface area contributed by atoms with Gasteiger partial charge in [0.25, 0.3) is 0 Å². The van der Waals surface area contributed by atoms with Crippen LogP contribution in [0.25, 0.3) is 0 Å². The Morgan fingerprint density at radius 3 is 2.57 bits per heavy atom. The summed E-state index contributed by atoms with van der Waals surface area (Å²) in [6.45, 7) is -1.18. The second-order valence-corrected chi connectivity index (χ2v) is 5.16. The van der Waals surface area contributed by atoms with Crippen molar-refractivity contribution in [2.24, 2.45) is 11.7 Å². The zero-order valence-corrected chi connectivity index (χ0v) is 11.8. The topological polar surface area (TPSA) is 55.6 Å². The minimum Gasteiger partial charge on any atom is -0.435 e. The molecule has 2 N–H and O–H groups in total. The van der Waals surface area contributed by atoms with Crippen LogP contribution in [0, 0.1) is 5.92 Å². The van der Waals surface area contributed by atoms with Crippen LogP contribution in [0.2, 0.25) is 0 Å². The zero-order chi connectivity index (χ0) is 15.2. The lowest BCUT2D eigenvalue weighted by Gasteiger charge is -2.22. The maximum absolute atomic E-state index is 12.4. The van der Waals surface area contributed by atoms with E-state index in [1.165, 1.54) is 6.07 Å². The number of hydrogen-bond donors (Lipinski definition) is 1. The summed E-state index contributed by atoms with van der Waals surface area (Å²) in [4.78, 5) is 14.2. The number of alkyl halides is 2. The summed E-state index contributed by atoms with van der Waals surface area (Å²) in [7, 11) is 0. The molecule has 1 atom stereocenters. The number of hydrogen-bond acceptors (Lipinski definition) is 3. The first-order valence-electron chi connectivity index (χ1n) is 7.13. The highest BCUT2D eigenvalue weighted by molar-refractivity contribution is 5.79. The fourth-order valence-corrected chi connectivity index (χ4v) is 2.62. The molecule has 1 aromatic carbocycles. The second kappa shape index (κ2) is 7.36. The SMILES string of the molecule is NCC(Cc1ccccc1OC(F)F)C(=O)N1CCCC1. The third kappa shape index (κ3) is 4.14. The van der Waals surface area contributed by atoms with Crippen molar-refractivity contribution < 1.29 is 18.3 Å². The van der Waals surface area contributed by atoms with Gasteiger partial charge in [0.05, 0.1) is 5.92 Å². The summed E-state index contributed by atoms with van der Waals surface area (Å²) in [5, 5.41) is 0. The van der Waals surface area contributed by atoms with Crippen LogP contribution in [0.1, 0.15) is 18.4 Å². The lowest BCUT2D eigenvalue weighted by Crippen LogP contribution is -2.38. The number of likely N-dealkylation sites (tertiary alicyclic amines) is 1. The van der Waals surface area contributed by atoms with Crippen molar-refractivity contribution in [3.05, 3.63) is 29.8 Å². The molecule has 0 radical (unpaired) electrons. The first-order valence-corrected chi connectivity index (χ1v) is 7.13. The number of carbonyl (C=O) groups is 1. The Kier molecular flexibility index (Phi) is 5.50. The van der Waals surface area contributed by atoms with Crippen molar-refractivity contribution in [3.63, 3.8) is 0 Å². The lowest BCUT2D eigenvalue weighted by molar-refractivity contribution is -0.134. The van der Waals surface area contributed by atoms with Crippen LogP contribution in [-0.4, -0.2) is 37.1 Å². The quantitative estimate of drug-likeness (QED) is 0.874. The maximum atomic E-state index is 12.4. The minimum atomic E-state index is -2.88. The van der Waals surface area contributed by atoms with Crippen LogP contribution in [0.5, 0.6) is 5.75 Å². The summed E-state index contributed by atoms with van der Waals surface area (Å²) >= 11 is 0. The second-order valence-electron chi connectivity index (χ2n) is 5.16. The van der Waals surface area contributed by atoms with Gasteiger partial charge in [0, 0.05) is 19.6 Å². The molecule has 4 nitrogen and oxygen atoms in total. The van der Waals surface area contributed by atoms with E-state index in [0.29, 0.717) is 12.0 Å². The van der Waals surface area contributed by atoms with Gasteiger partial charge in [-0.05, 0) is 30.9 Å². The van der Waals surface area contributed by atoms with E-state index in [1.54, 1.807) is 23.1 Å². The molecule has 116 valence electrons. The van der Waals surface area contributed by atoms with Gasteiger partial charge in [-0.1, -0.05) is 18.2 Å². The third-order valence-electron chi connectivity index (χ3n) is 3.71. The molecule has 21 heavy (non-hydrogen) atoms. The largest absolute Gasteiger partial charge is 0.435 e. The van der Waals surface area contributed by atoms with E-state index < -0.39 is 12.5 Å². The summed E-state index contributed by atoms with van der Waals surface area (Å²) in [6, 6.07) is 6.54. The Bertz CT molecular complexity index is 476. The molecule has 6 heteroatoms. The smallest absolute Gasteiger partial charge is 0.387 e. The lowest BCUT2D eigenvalue weighted by atomic mass is 9.97. The molecule has 1 heterocycles. The standard InChI is InChI=1S/C15H20F2N2O2/c16-15(17)21-13-6-2-1-5-11(13)9-12(10-18)14(20)19-7-3-4-8-19/h1-2,5-6,12,15H,3-4,7-10,18H2. The molecule has 0 saturated carbocycles. The van der Waals surface area contributed by atoms with Gasteiger partial charge in [-0.15, -0.1) is 0 Å².